The van der Waals surface area contributed by atoms with Gasteiger partial charge < -0.3 is 10.0 Å². The topological polar surface area (TPSA) is 40.5 Å². The molecule has 0 radical (unpaired) electrons. The van der Waals surface area contributed by atoms with Crippen LogP contribution in [0.25, 0.3) is 0 Å². The van der Waals surface area contributed by atoms with Gasteiger partial charge in [0.2, 0.25) is 0 Å². The Hall–Kier alpha value is -0.220. The minimum Gasteiger partial charge on any atom is -0.481 e. The number of aliphatic carboxylic acids is 1. The van der Waals surface area contributed by atoms with Gasteiger partial charge in [-0.2, -0.15) is 11.8 Å². The standard InChI is InChI=1S/C11H21NO2S/c1-3-15-6-4-5-12-7-10(8-12)9(2)11(13)14/h9-10H,3-8H2,1-2H3,(H,13,14). The van der Waals surface area contributed by atoms with Gasteiger partial charge >= 0.3 is 5.97 Å². The molecular weight excluding hydrogens is 210 g/mol. The van der Waals surface area contributed by atoms with Crippen LogP contribution in [0.2, 0.25) is 0 Å². The van der Waals surface area contributed by atoms with E-state index in [4.69, 9.17) is 5.11 Å². The van der Waals surface area contributed by atoms with Crippen LogP contribution >= 0.6 is 11.8 Å². The van der Waals surface area contributed by atoms with E-state index in [-0.39, 0.29) is 5.92 Å². The summed E-state index contributed by atoms with van der Waals surface area (Å²) in [5.74, 6) is 1.97. The Morgan fingerprint density at radius 3 is 2.80 bits per heavy atom. The number of carbonyl (C=O) groups is 1. The third-order valence-electron chi connectivity index (χ3n) is 3.05. The third-order valence-corrected chi connectivity index (χ3v) is 4.03. The largest absolute Gasteiger partial charge is 0.481 e. The van der Waals surface area contributed by atoms with Crippen molar-refractivity contribution in [1.82, 2.24) is 4.90 Å². The van der Waals surface area contributed by atoms with E-state index in [0.29, 0.717) is 5.92 Å². The molecule has 0 aromatic heterocycles. The molecule has 15 heavy (non-hydrogen) atoms. The van der Waals surface area contributed by atoms with Gasteiger partial charge in [0.15, 0.2) is 0 Å². The van der Waals surface area contributed by atoms with Crippen molar-refractivity contribution < 1.29 is 9.90 Å². The molecule has 4 heteroatoms. The summed E-state index contributed by atoms with van der Waals surface area (Å²) in [6.45, 7) is 7.08. The molecule has 1 aliphatic heterocycles. The SMILES string of the molecule is CCSCCCN1CC(C(C)C(=O)O)C1. The zero-order valence-corrected chi connectivity index (χ0v) is 10.4. The van der Waals surface area contributed by atoms with Crippen LogP contribution in [-0.4, -0.2) is 47.1 Å². The number of rotatable bonds is 7. The Labute approximate surface area is 96.2 Å². The minimum atomic E-state index is -0.652. The molecule has 0 saturated carbocycles. The molecule has 0 aliphatic carbocycles. The Bertz CT molecular complexity index is 205. The summed E-state index contributed by atoms with van der Waals surface area (Å²) in [6.07, 6.45) is 1.23. The van der Waals surface area contributed by atoms with Crippen LogP contribution in [0, 0.1) is 11.8 Å². The third kappa shape index (κ3) is 4.03. The lowest BCUT2D eigenvalue weighted by Crippen LogP contribution is -2.51. The smallest absolute Gasteiger partial charge is 0.306 e. The molecule has 1 N–H and O–H groups in total. The average Bonchev–Trinajstić information content (AvgIpc) is 2.13. The predicted molar refractivity (Wildman–Crippen MR) is 64.3 cm³/mol. The van der Waals surface area contributed by atoms with Crippen molar-refractivity contribution in [1.29, 1.82) is 0 Å². The zero-order chi connectivity index (χ0) is 11.3. The van der Waals surface area contributed by atoms with E-state index in [1.807, 2.05) is 18.7 Å². The molecule has 0 aromatic rings. The maximum atomic E-state index is 10.7. The van der Waals surface area contributed by atoms with Crippen LogP contribution in [0.4, 0.5) is 0 Å². The zero-order valence-electron chi connectivity index (χ0n) is 9.61. The number of nitrogens with zero attached hydrogens (tertiary/aromatic N) is 1. The lowest BCUT2D eigenvalue weighted by atomic mass is 9.87. The van der Waals surface area contributed by atoms with Crippen molar-refractivity contribution >= 4 is 17.7 Å². The van der Waals surface area contributed by atoms with E-state index < -0.39 is 5.97 Å². The second kappa shape index (κ2) is 6.38. The van der Waals surface area contributed by atoms with Crippen LogP contribution in [0.5, 0.6) is 0 Å². The maximum Gasteiger partial charge on any atom is 0.306 e. The van der Waals surface area contributed by atoms with Gasteiger partial charge in [-0.05, 0) is 30.4 Å². The highest BCUT2D eigenvalue weighted by Crippen LogP contribution is 2.24. The van der Waals surface area contributed by atoms with E-state index in [0.717, 1.165) is 19.6 Å². The number of carboxylic acid groups (broad SMARTS) is 1. The van der Waals surface area contributed by atoms with E-state index in [1.54, 1.807) is 0 Å². The first-order chi connectivity index (χ1) is 7.15. The first-order valence-corrected chi connectivity index (χ1v) is 6.83. The molecule has 1 heterocycles. The highest BCUT2D eigenvalue weighted by Gasteiger charge is 2.33. The first-order valence-electron chi connectivity index (χ1n) is 5.68. The van der Waals surface area contributed by atoms with Gasteiger partial charge in [-0.15, -0.1) is 0 Å². The number of likely N-dealkylation sites (tertiary alicyclic amines) is 1. The quantitative estimate of drug-likeness (QED) is 0.678. The number of hydrogen-bond acceptors (Lipinski definition) is 3. The molecule has 88 valence electrons. The van der Waals surface area contributed by atoms with Crippen molar-refractivity contribution in [3.8, 4) is 0 Å². The Kier molecular flexibility index (Phi) is 5.47. The summed E-state index contributed by atoms with van der Waals surface area (Å²) in [5, 5.41) is 8.83. The van der Waals surface area contributed by atoms with E-state index in [1.165, 1.54) is 17.9 Å². The maximum absolute atomic E-state index is 10.7. The normalized spacial score (nSPS) is 19.9. The summed E-state index contributed by atoms with van der Waals surface area (Å²) in [6, 6.07) is 0. The van der Waals surface area contributed by atoms with Gasteiger partial charge in [-0.3, -0.25) is 4.79 Å². The van der Waals surface area contributed by atoms with E-state index in [2.05, 4.69) is 11.8 Å². The molecule has 3 nitrogen and oxygen atoms in total. The molecule has 1 atom stereocenters. The lowest BCUT2D eigenvalue weighted by molar-refractivity contribution is -0.145. The number of thioether (sulfide) groups is 1. The van der Waals surface area contributed by atoms with Gasteiger partial charge in [0.25, 0.3) is 0 Å². The average molecular weight is 231 g/mol. The highest BCUT2D eigenvalue weighted by atomic mass is 32.2. The minimum absolute atomic E-state index is 0.175. The molecule has 0 aromatic carbocycles. The van der Waals surface area contributed by atoms with Crippen LogP contribution in [-0.2, 0) is 4.79 Å². The molecule has 1 saturated heterocycles. The fourth-order valence-corrected chi connectivity index (χ4v) is 2.47. The fourth-order valence-electron chi connectivity index (χ4n) is 1.84. The van der Waals surface area contributed by atoms with E-state index >= 15 is 0 Å². The highest BCUT2D eigenvalue weighted by molar-refractivity contribution is 7.99. The lowest BCUT2D eigenvalue weighted by Gasteiger charge is -2.41. The van der Waals surface area contributed by atoms with Crippen LogP contribution in [0.3, 0.4) is 0 Å². The summed E-state index contributed by atoms with van der Waals surface area (Å²) < 4.78 is 0. The Balaban J connectivity index is 2.02. The molecule has 1 rings (SSSR count). The summed E-state index contributed by atoms with van der Waals surface area (Å²) in [4.78, 5) is 13.1. The molecule has 0 amide bonds. The second-order valence-corrected chi connectivity index (χ2v) is 5.59. The van der Waals surface area contributed by atoms with Crippen LogP contribution in [0.15, 0.2) is 0 Å². The van der Waals surface area contributed by atoms with Gasteiger partial charge in [-0.1, -0.05) is 13.8 Å². The molecule has 0 bridgehead atoms. The molecule has 1 aliphatic rings. The summed E-state index contributed by atoms with van der Waals surface area (Å²) in [5.41, 5.74) is 0. The van der Waals surface area contributed by atoms with E-state index in [9.17, 15) is 4.79 Å². The van der Waals surface area contributed by atoms with Crippen molar-refractivity contribution in [2.45, 2.75) is 20.3 Å². The van der Waals surface area contributed by atoms with Gasteiger partial charge in [0.1, 0.15) is 0 Å². The van der Waals surface area contributed by atoms with Gasteiger partial charge in [-0.25, -0.2) is 0 Å². The van der Waals surface area contributed by atoms with Crippen LogP contribution < -0.4 is 0 Å². The van der Waals surface area contributed by atoms with Crippen molar-refractivity contribution in [2.75, 3.05) is 31.1 Å². The molecular formula is C11H21NO2S. The van der Waals surface area contributed by atoms with Crippen molar-refractivity contribution in [3.63, 3.8) is 0 Å². The van der Waals surface area contributed by atoms with Crippen molar-refractivity contribution in [2.24, 2.45) is 11.8 Å². The first kappa shape index (κ1) is 12.8. The predicted octanol–water partition coefficient (Wildman–Crippen LogP) is 1.78. The number of hydrogen-bond donors (Lipinski definition) is 1. The molecule has 1 unspecified atom stereocenters. The van der Waals surface area contributed by atoms with Gasteiger partial charge in [0.05, 0.1) is 5.92 Å². The summed E-state index contributed by atoms with van der Waals surface area (Å²) >= 11 is 1.98. The Morgan fingerprint density at radius 1 is 1.60 bits per heavy atom. The Morgan fingerprint density at radius 2 is 2.27 bits per heavy atom. The summed E-state index contributed by atoms with van der Waals surface area (Å²) in [7, 11) is 0. The molecule has 1 fully saturated rings. The second-order valence-electron chi connectivity index (χ2n) is 4.20. The van der Waals surface area contributed by atoms with Crippen molar-refractivity contribution in [3.05, 3.63) is 0 Å². The van der Waals surface area contributed by atoms with Crippen LogP contribution in [0.1, 0.15) is 20.3 Å². The monoisotopic (exact) mass is 231 g/mol. The number of carboxylic acids is 1. The fraction of sp³-hybridized carbons (Fsp3) is 0.909. The molecule has 0 spiro atoms. The van der Waals surface area contributed by atoms with Gasteiger partial charge in [0, 0.05) is 13.1 Å².